The molecule has 3 atom stereocenters. The molecular weight excluding hydrogens is 228 g/mol. The third-order valence-electron chi connectivity index (χ3n) is 3.45. The molecule has 0 saturated carbocycles. The molecule has 0 spiro atoms. The molecule has 0 radical (unpaired) electrons. The van der Waals surface area contributed by atoms with E-state index in [1.807, 2.05) is 31.2 Å². The number of rotatable bonds is 4. The van der Waals surface area contributed by atoms with Crippen molar-refractivity contribution in [1.82, 2.24) is 0 Å². The molecule has 1 fully saturated rings. The molecule has 3 unspecified atom stereocenters. The molecule has 1 aliphatic heterocycles. The minimum atomic E-state index is -0.238. The van der Waals surface area contributed by atoms with Crippen LogP contribution in [-0.2, 0) is 9.47 Å². The number of ether oxygens (including phenoxy) is 3. The average molecular weight is 250 g/mol. The molecule has 18 heavy (non-hydrogen) atoms. The smallest absolute Gasteiger partial charge is 0.184 e. The molecule has 0 amide bonds. The predicted octanol–water partition coefficient (Wildman–Crippen LogP) is 3.55. The summed E-state index contributed by atoms with van der Waals surface area (Å²) in [6.07, 6.45) is 1.11. The van der Waals surface area contributed by atoms with Gasteiger partial charge in [0.25, 0.3) is 0 Å². The van der Waals surface area contributed by atoms with Gasteiger partial charge in [0.05, 0.1) is 19.3 Å². The van der Waals surface area contributed by atoms with Crippen LogP contribution in [0.5, 0.6) is 5.75 Å². The van der Waals surface area contributed by atoms with Crippen LogP contribution in [0.15, 0.2) is 24.3 Å². The lowest BCUT2D eigenvalue weighted by Gasteiger charge is -2.34. The molecule has 1 heterocycles. The second-order valence-corrected chi connectivity index (χ2v) is 4.68. The van der Waals surface area contributed by atoms with Gasteiger partial charge in [-0.2, -0.15) is 0 Å². The SMILES string of the molecule is CCOc1ccc(C2OCC(CC)C(C)O2)cc1. The zero-order valence-electron chi connectivity index (χ0n) is 11.4. The van der Waals surface area contributed by atoms with Gasteiger partial charge in [0.1, 0.15) is 5.75 Å². The van der Waals surface area contributed by atoms with Crippen LogP contribution in [0.25, 0.3) is 0 Å². The summed E-state index contributed by atoms with van der Waals surface area (Å²) < 4.78 is 17.1. The number of benzene rings is 1. The fourth-order valence-electron chi connectivity index (χ4n) is 2.20. The highest BCUT2D eigenvalue weighted by atomic mass is 16.7. The van der Waals surface area contributed by atoms with Gasteiger partial charge in [-0.1, -0.05) is 19.1 Å². The second kappa shape index (κ2) is 6.21. The van der Waals surface area contributed by atoms with E-state index in [2.05, 4.69) is 13.8 Å². The quantitative estimate of drug-likeness (QED) is 0.818. The van der Waals surface area contributed by atoms with Gasteiger partial charge in [0.2, 0.25) is 0 Å². The van der Waals surface area contributed by atoms with Crippen molar-refractivity contribution >= 4 is 0 Å². The van der Waals surface area contributed by atoms with Gasteiger partial charge in [0, 0.05) is 11.5 Å². The zero-order valence-corrected chi connectivity index (χ0v) is 11.4. The van der Waals surface area contributed by atoms with Crippen LogP contribution in [0.3, 0.4) is 0 Å². The van der Waals surface area contributed by atoms with Gasteiger partial charge < -0.3 is 14.2 Å². The Hall–Kier alpha value is -1.06. The third kappa shape index (κ3) is 3.03. The van der Waals surface area contributed by atoms with E-state index in [-0.39, 0.29) is 12.4 Å². The Morgan fingerprint density at radius 2 is 1.94 bits per heavy atom. The Bertz CT molecular complexity index is 361. The molecule has 1 aromatic rings. The van der Waals surface area contributed by atoms with E-state index in [0.717, 1.165) is 24.3 Å². The lowest BCUT2D eigenvalue weighted by atomic mass is 10.0. The van der Waals surface area contributed by atoms with E-state index in [1.54, 1.807) is 0 Å². The Morgan fingerprint density at radius 3 is 2.50 bits per heavy atom. The number of hydrogen-bond acceptors (Lipinski definition) is 3. The highest BCUT2D eigenvalue weighted by Gasteiger charge is 2.28. The maximum absolute atomic E-state index is 5.91. The molecule has 0 N–H and O–H groups in total. The summed E-state index contributed by atoms with van der Waals surface area (Å²) in [5, 5.41) is 0. The van der Waals surface area contributed by atoms with Crippen LogP contribution in [0.1, 0.15) is 39.0 Å². The summed E-state index contributed by atoms with van der Waals surface area (Å²) in [4.78, 5) is 0. The summed E-state index contributed by atoms with van der Waals surface area (Å²) in [6.45, 7) is 7.73. The molecule has 3 nitrogen and oxygen atoms in total. The summed E-state index contributed by atoms with van der Waals surface area (Å²) >= 11 is 0. The topological polar surface area (TPSA) is 27.7 Å². The van der Waals surface area contributed by atoms with E-state index in [4.69, 9.17) is 14.2 Å². The molecule has 0 aliphatic carbocycles. The van der Waals surface area contributed by atoms with E-state index in [0.29, 0.717) is 12.5 Å². The maximum atomic E-state index is 5.91. The van der Waals surface area contributed by atoms with E-state index < -0.39 is 0 Å². The van der Waals surface area contributed by atoms with Crippen molar-refractivity contribution in [1.29, 1.82) is 0 Å². The third-order valence-corrected chi connectivity index (χ3v) is 3.45. The molecule has 1 aromatic carbocycles. The van der Waals surface area contributed by atoms with Crippen molar-refractivity contribution in [3.63, 3.8) is 0 Å². The summed E-state index contributed by atoms with van der Waals surface area (Å²) in [6, 6.07) is 7.94. The first-order valence-corrected chi connectivity index (χ1v) is 6.74. The molecule has 2 rings (SSSR count). The van der Waals surface area contributed by atoms with E-state index in [1.165, 1.54) is 0 Å². The summed E-state index contributed by atoms with van der Waals surface area (Å²) in [5.74, 6) is 1.39. The van der Waals surface area contributed by atoms with Crippen LogP contribution in [0.2, 0.25) is 0 Å². The molecule has 1 aliphatic rings. The van der Waals surface area contributed by atoms with Crippen molar-refractivity contribution in [2.45, 2.75) is 39.6 Å². The van der Waals surface area contributed by atoms with Gasteiger partial charge in [-0.15, -0.1) is 0 Å². The van der Waals surface area contributed by atoms with Gasteiger partial charge in [-0.25, -0.2) is 0 Å². The van der Waals surface area contributed by atoms with E-state index >= 15 is 0 Å². The van der Waals surface area contributed by atoms with Gasteiger partial charge in [-0.3, -0.25) is 0 Å². The lowest BCUT2D eigenvalue weighted by Crippen LogP contribution is -2.33. The molecule has 1 saturated heterocycles. The minimum Gasteiger partial charge on any atom is -0.494 e. The lowest BCUT2D eigenvalue weighted by molar-refractivity contribution is -0.236. The fourth-order valence-corrected chi connectivity index (χ4v) is 2.20. The highest BCUT2D eigenvalue weighted by Crippen LogP contribution is 2.31. The summed E-state index contributed by atoms with van der Waals surface area (Å²) in [5.41, 5.74) is 1.06. The van der Waals surface area contributed by atoms with Crippen LogP contribution in [-0.4, -0.2) is 19.3 Å². The van der Waals surface area contributed by atoms with Gasteiger partial charge >= 0.3 is 0 Å². The maximum Gasteiger partial charge on any atom is 0.184 e. The first-order chi connectivity index (χ1) is 8.74. The van der Waals surface area contributed by atoms with Crippen LogP contribution >= 0.6 is 0 Å². The normalized spacial score (nSPS) is 28.1. The average Bonchev–Trinajstić information content (AvgIpc) is 2.40. The summed E-state index contributed by atoms with van der Waals surface area (Å²) in [7, 11) is 0. The fraction of sp³-hybridized carbons (Fsp3) is 0.600. The van der Waals surface area contributed by atoms with Crippen molar-refractivity contribution in [2.75, 3.05) is 13.2 Å². The molecule has 100 valence electrons. The molecular formula is C15H22O3. The van der Waals surface area contributed by atoms with Crippen LogP contribution < -0.4 is 4.74 Å². The Morgan fingerprint density at radius 1 is 1.22 bits per heavy atom. The highest BCUT2D eigenvalue weighted by molar-refractivity contribution is 5.28. The largest absolute Gasteiger partial charge is 0.494 e. The van der Waals surface area contributed by atoms with Crippen LogP contribution in [0.4, 0.5) is 0 Å². The monoisotopic (exact) mass is 250 g/mol. The van der Waals surface area contributed by atoms with Crippen LogP contribution in [0, 0.1) is 5.92 Å². The minimum absolute atomic E-state index is 0.238. The molecule has 0 bridgehead atoms. The first-order valence-electron chi connectivity index (χ1n) is 6.74. The van der Waals surface area contributed by atoms with Gasteiger partial charge in [0.15, 0.2) is 6.29 Å². The van der Waals surface area contributed by atoms with Crippen molar-refractivity contribution < 1.29 is 14.2 Å². The molecule has 3 heteroatoms. The van der Waals surface area contributed by atoms with E-state index in [9.17, 15) is 0 Å². The predicted molar refractivity (Wildman–Crippen MR) is 70.6 cm³/mol. The Balaban J connectivity index is 1.99. The second-order valence-electron chi connectivity index (χ2n) is 4.68. The number of hydrogen-bond donors (Lipinski definition) is 0. The van der Waals surface area contributed by atoms with Crippen molar-refractivity contribution in [2.24, 2.45) is 5.92 Å². The van der Waals surface area contributed by atoms with Crippen molar-refractivity contribution in [3.05, 3.63) is 29.8 Å². The zero-order chi connectivity index (χ0) is 13.0. The standard InChI is InChI=1S/C15H22O3/c1-4-12-10-17-15(18-11(12)3)13-6-8-14(9-7-13)16-5-2/h6-9,11-12,15H,4-5,10H2,1-3H3. The Kier molecular flexibility index (Phi) is 4.61. The van der Waals surface area contributed by atoms with Crippen molar-refractivity contribution in [3.8, 4) is 5.75 Å². The Labute approximate surface area is 109 Å². The van der Waals surface area contributed by atoms with Gasteiger partial charge in [-0.05, 0) is 32.4 Å². The first kappa shape index (κ1) is 13.4. The molecule has 0 aromatic heterocycles.